The molecular formula is C7H6BN2. The predicted octanol–water partition coefficient (Wildman–Crippen LogP) is -0.350. The molecule has 0 saturated heterocycles. The molecule has 10 heavy (non-hydrogen) atoms. The van der Waals surface area contributed by atoms with E-state index in [2.05, 4.69) is 4.90 Å². The van der Waals surface area contributed by atoms with E-state index in [0.29, 0.717) is 5.84 Å². The largest absolute Gasteiger partial charge is 0.385 e. The summed E-state index contributed by atoms with van der Waals surface area (Å²) in [6.07, 6.45) is 0. The van der Waals surface area contributed by atoms with Crippen molar-refractivity contribution >= 4 is 18.7 Å². The minimum atomic E-state index is 0.621. The van der Waals surface area contributed by atoms with Crippen LogP contribution in [-0.2, 0) is 0 Å². The lowest BCUT2D eigenvalue weighted by molar-refractivity contribution is 1.62. The topological polar surface area (TPSA) is 38.4 Å². The molecule has 2 nitrogen and oxygen atoms in total. The van der Waals surface area contributed by atoms with Crippen LogP contribution in [-0.4, -0.2) is 13.3 Å². The molecule has 0 spiro atoms. The van der Waals surface area contributed by atoms with Gasteiger partial charge in [0.05, 0.1) is 0 Å². The van der Waals surface area contributed by atoms with E-state index in [0.717, 1.165) is 11.0 Å². The van der Waals surface area contributed by atoms with E-state index in [-0.39, 0.29) is 0 Å². The van der Waals surface area contributed by atoms with Crippen molar-refractivity contribution in [2.24, 2.45) is 10.6 Å². The van der Waals surface area contributed by atoms with Crippen molar-refractivity contribution in [3.05, 3.63) is 29.8 Å². The fraction of sp³-hybridized carbons (Fsp3) is 0. The Hall–Kier alpha value is -1.25. The van der Waals surface area contributed by atoms with Gasteiger partial charge < -0.3 is 10.6 Å². The van der Waals surface area contributed by atoms with Crippen LogP contribution >= 0.6 is 0 Å². The van der Waals surface area contributed by atoms with Crippen molar-refractivity contribution in [2.75, 3.05) is 0 Å². The maximum Gasteiger partial charge on any atom is 0.315 e. The van der Waals surface area contributed by atoms with Crippen LogP contribution in [0, 0.1) is 0 Å². The first kappa shape index (κ1) is 5.53. The second-order valence-corrected chi connectivity index (χ2v) is 2.23. The summed E-state index contributed by atoms with van der Waals surface area (Å²) in [6, 6.07) is 7.90. The molecule has 1 aromatic rings. The molecule has 1 aliphatic heterocycles. The fourth-order valence-corrected chi connectivity index (χ4v) is 1.05. The number of amidine groups is 1. The smallest absolute Gasteiger partial charge is 0.315 e. The van der Waals surface area contributed by atoms with Crippen molar-refractivity contribution in [3.8, 4) is 0 Å². The molecular weight excluding hydrogens is 123 g/mol. The molecule has 0 atom stereocenters. The molecule has 1 heterocycles. The molecule has 47 valence electrons. The fourth-order valence-electron chi connectivity index (χ4n) is 1.05. The number of fused-ring (bicyclic) bond motifs is 1. The summed E-state index contributed by atoms with van der Waals surface area (Å²) < 4.78 is 0. The van der Waals surface area contributed by atoms with E-state index in [1.165, 1.54) is 0 Å². The first-order valence-electron chi connectivity index (χ1n) is 3.14. The van der Waals surface area contributed by atoms with Crippen LogP contribution in [0.25, 0.3) is 0 Å². The highest BCUT2D eigenvalue weighted by atomic mass is 14.8. The van der Waals surface area contributed by atoms with Crippen LogP contribution in [0.1, 0.15) is 5.56 Å². The Labute approximate surface area is 60.0 Å². The Morgan fingerprint density at radius 1 is 1.30 bits per heavy atom. The van der Waals surface area contributed by atoms with Crippen LogP contribution < -0.4 is 11.2 Å². The molecule has 2 rings (SSSR count). The number of rotatable bonds is 0. The standard InChI is InChI=1S/C7H6BN2/c9-7-5-3-1-2-4-6(5)8-10-7/h1-4H,(H2,9,10). The molecule has 0 unspecified atom stereocenters. The van der Waals surface area contributed by atoms with Gasteiger partial charge in [-0.25, -0.2) is 0 Å². The molecule has 1 aromatic carbocycles. The van der Waals surface area contributed by atoms with Crippen molar-refractivity contribution in [3.63, 3.8) is 0 Å². The third-order valence-corrected chi connectivity index (χ3v) is 1.58. The van der Waals surface area contributed by atoms with Crippen molar-refractivity contribution < 1.29 is 0 Å². The molecule has 0 amide bonds. The van der Waals surface area contributed by atoms with E-state index in [9.17, 15) is 0 Å². The second kappa shape index (κ2) is 1.87. The lowest BCUT2D eigenvalue weighted by atomic mass is 9.84. The summed E-state index contributed by atoms with van der Waals surface area (Å²) in [7, 11) is 1.78. The van der Waals surface area contributed by atoms with Gasteiger partial charge in [-0.3, -0.25) is 0 Å². The van der Waals surface area contributed by atoms with Crippen LogP contribution in [0.5, 0.6) is 0 Å². The molecule has 1 aliphatic rings. The quantitative estimate of drug-likeness (QED) is 0.477. The Balaban J connectivity index is 2.61. The van der Waals surface area contributed by atoms with Gasteiger partial charge in [-0.05, 0) is 5.46 Å². The minimum absolute atomic E-state index is 0.621. The maximum absolute atomic E-state index is 5.57. The number of hydrogen-bond donors (Lipinski definition) is 1. The third kappa shape index (κ3) is 0.636. The van der Waals surface area contributed by atoms with Gasteiger partial charge in [0.25, 0.3) is 0 Å². The lowest BCUT2D eigenvalue weighted by Crippen LogP contribution is -2.16. The highest BCUT2D eigenvalue weighted by molar-refractivity contribution is 6.59. The molecule has 0 saturated carbocycles. The number of hydrogen-bond acceptors (Lipinski definition) is 2. The first-order chi connectivity index (χ1) is 4.88. The molecule has 2 N–H and O–H groups in total. The van der Waals surface area contributed by atoms with E-state index >= 15 is 0 Å². The Morgan fingerprint density at radius 3 is 2.90 bits per heavy atom. The van der Waals surface area contributed by atoms with Crippen LogP contribution in [0.15, 0.2) is 29.2 Å². The average molecular weight is 129 g/mol. The van der Waals surface area contributed by atoms with Gasteiger partial charge in [-0.2, -0.15) is 0 Å². The molecule has 0 aliphatic carbocycles. The first-order valence-corrected chi connectivity index (χ1v) is 3.14. The van der Waals surface area contributed by atoms with Crippen LogP contribution in [0.3, 0.4) is 0 Å². The summed E-state index contributed by atoms with van der Waals surface area (Å²) in [6.45, 7) is 0. The van der Waals surface area contributed by atoms with Gasteiger partial charge in [0, 0.05) is 5.56 Å². The van der Waals surface area contributed by atoms with E-state index in [1.807, 2.05) is 24.3 Å². The zero-order valence-electron chi connectivity index (χ0n) is 5.41. The van der Waals surface area contributed by atoms with Crippen molar-refractivity contribution in [1.29, 1.82) is 0 Å². The number of nitrogens with zero attached hydrogens (tertiary/aromatic N) is 1. The second-order valence-electron chi connectivity index (χ2n) is 2.23. The molecule has 0 aromatic heterocycles. The lowest BCUT2D eigenvalue weighted by Gasteiger charge is -1.95. The average Bonchev–Trinajstić information content (AvgIpc) is 2.34. The summed E-state index contributed by atoms with van der Waals surface area (Å²) >= 11 is 0. The predicted molar refractivity (Wildman–Crippen MR) is 42.6 cm³/mol. The zero-order chi connectivity index (χ0) is 6.97. The van der Waals surface area contributed by atoms with E-state index < -0.39 is 0 Å². The molecule has 3 heteroatoms. The van der Waals surface area contributed by atoms with Gasteiger partial charge in [0.1, 0.15) is 5.84 Å². The van der Waals surface area contributed by atoms with E-state index in [4.69, 9.17) is 5.73 Å². The van der Waals surface area contributed by atoms with Crippen molar-refractivity contribution in [1.82, 2.24) is 0 Å². The van der Waals surface area contributed by atoms with Gasteiger partial charge >= 0.3 is 7.41 Å². The summed E-state index contributed by atoms with van der Waals surface area (Å²) in [4.78, 5) is 3.97. The van der Waals surface area contributed by atoms with E-state index in [1.54, 1.807) is 7.41 Å². The SMILES string of the molecule is NC1=N[B]c2ccccc21. The highest BCUT2D eigenvalue weighted by Gasteiger charge is 2.11. The van der Waals surface area contributed by atoms with Gasteiger partial charge in [-0.15, -0.1) is 0 Å². The molecule has 1 radical (unpaired) electrons. The monoisotopic (exact) mass is 129 g/mol. The Bertz CT molecular complexity index is 293. The van der Waals surface area contributed by atoms with Gasteiger partial charge in [0.15, 0.2) is 0 Å². The molecule has 0 bridgehead atoms. The van der Waals surface area contributed by atoms with Crippen LogP contribution in [0.2, 0.25) is 0 Å². The van der Waals surface area contributed by atoms with Crippen LogP contribution in [0.4, 0.5) is 0 Å². The van der Waals surface area contributed by atoms with Crippen molar-refractivity contribution in [2.45, 2.75) is 0 Å². The Morgan fingerprint density at radius 2 is 2.10 bits per heavy atom. The summed E-state index contributed by atoms with van der Waals surface area (Å²) in [5.41, 5.74) is 7.72. The highest BCUT2D eigenvalue weighted by Crippen LogP contribution is 1.99. The summed E-state index contributed by atoms with van der Waals surface area (Å²) in [5.74, 6) is 0.621. The summed E-state index contributed by atoms with van der Waals surface area (Å²) in [5, 5.41) is 0. The minimum Gasteiger partial charge on any atom is -0.385 e. The normalized spacial score (nSPS) is 13.8. The maximum atomic E-state index is 5.57. The Kier molecular flexibility index (Phi) is 1.03. The number of nitrogens with two attached hydrogens (primary N) is 1. The van der Waals surface area contributed by atoms with Gasteiger partial charge in [0.2, 0.25) is 0 Å². The molecule has 0 fully saturated rings. The van der Waals surface area contributed by atoms with Gasteiger partial charge in [-0.1, -0.05) is 24.3 Å². The third-order valence-electron chi connectivity index (χ3n) is 1.58. The zero-order valence-corrected chi connectivity index (χ0v) is 5.41. The number of benzene rings is 1.